The highest BCUT2D eigenvalue weighted by atomic mass is 19.4. The maximum Gasteiger partial charge on any atom is 0.416 e. The molecule has 2 aromatic rings. The van der Waals surface area contributed by atoms with Crippen LogP contribution in [-0.2, 0) is 11.0 Å². The summed E-state index contributed by atoms with van der Waals surface area (Å²) in [5.74, 6) is -0.292. The number of nitriles is 1. The summed E-state index contributed by atoms with van der Waals surface area (Å²) >= 11 is 0. The lowest BCUT2D eigenvalue weighted by atomic mass is 9.90. The number of hydrogen-bond acceptors (Lipinski definition) is 4. The molecule has 3 rings (SSSR count). The van der Waals surface area contributed by atoms with E-state index in [2.05, 4.69) is 11.0 Å². The summed E-state index contributed by atoms with van der Waals surface area (Å²) in [5.41, 5.74) is 0.837. The van der Waals surface area contributed by atoms with Gasteiger partial charge in [-0.3, -0.25) is 9.69 Å². The number of carbonyl (C=O) groups excluding carboxylic acids is 2. The van der Waals surface area contributed by atoms with E-state index in [0.717, 1.165) is 25.2 Å². The molecule has 0 aliphatic carbocycles. The minimum absolute atomic E-state index is 0.0391. The normalized spacial score (nSPS) is 16.5. The van der Waals surface area contributed by atoms with Gasteiger partial charge in [-0.2, -0.15) is 18.4 Å². The van der Waals surface area contributed by atoms with Gasteiger partial charge in [0.15, 0.2) is 5.78 Å². The van der Waals surface area contributed by atoms with E-state index in [-0.39, 0.29) is 23.7 Å². The van der Waals surface area contributed by atoms with Crippen LogP contribution in [0, 0.1) is 11.3 Å². The highest BCUT2D eigenvalue weighted by molar-refractivity contribution is 6.04. The minimum Gasteiger partial charge on any atom is -0.311 e. The molecule has 0 N–H and O–H groups in total. The van der Waals surface area contributed by atoms with Crippen LogP contribution in [0.1, 0.15) is 50.4 Å². The molecular weight excluding hydrogens is 469 g/mol. The predicted octanol–water partition coefficient (Wildman–Crippen LogP) is 5.77. The fourth-order valence-electron chi connectivity index (χ4n) is 4.53. The van der Waals surface area contributed by atoms with E-state index in [4.69, 9.17) is 0 Å². The number of urea groups is 1. The second-order valence-electron chi connectivity index (χ2n) is 8.58. The van der Waals surface area contributed by atoms with E-state index >= 15 is 0 Å². The van der Waals surface area contributed by atoms with E-state index in [1.165, 1.54) is 28.9 Å². The van der Waals surface area contributed by atoms with Crippen molar-refractivity contribution in [1.82, 2.24) is 9.80 Å². The Bertz CT molecular complexity index is 1190. The molecule has 36 heavy (non-hydrogen) atoms. The van der Waals surface area contributed by atoms with Gasteiger partial charge in [-0.25, -0.2) is 4.79 Å². The van der Waals surface area contributed by atoms with Crippen LogP contribution >= 0.6 is 0 Å². The zero-order valence-electron chi connectivity index (χ0n) is 20.8. The lowest BCUT2D eigenvalue weighted by Gasteiger charge is -2.43. The number of likely N-dealkylation sites (N-methyl/N-ethyl adjacent to an activating group) is 1. The molecule has 0 saturated heterocycles. The number of rotatable bonds is 8. The maximum absolute atomic E-state index is 13.9. The Morgan fingerprint density at radius 2 is 1.75 bits per heavy atom. The molecule has 2 aromatic carbocycles. The van der Waals surface area contributed by atoms with Crippen molar-refractivity contribution in [3.63, 3.8) is 0 Å². The van der Waals surface area contributed by atoms with Crippen LogP contribution in [0.15, 0.2) is 59.8 Å². The molecule has 0 radical (unpaired) electrons. The number of ketones is 1. The number of amides is 2. The van der Waals surface area contributed by atoms with Crippen LogP contribution in [0.25, 0.3) is 0 Å². The zero-order valence-corrected chi connectivity index (χ0v) is 20.8. The van der Waals surface area contributed by atoms with Gasteiger partial charge in [0.05, 0.1) is 28.9 Å². The second-order valence-corrected chi connectivity index (χ2v) is 8.58. The largest absolute Gasteiger partial charge is 0.416 e. The molecule has 1 aliphatic rings. The summed E-state index contributed by atoms with van der Waals surface area (Å²) in [7, 11) is 0. The molecule has 0 spiro atoms. The third kappa shape index (κ3) is 5.44. The summed E-state index contributed by atoms with van der Waals surface area (Å²) < 4.78 is 40.3. The average molecular weight is 499 g/mol. The molecule has 190 valence electrons. The van der Waals surface area contributed by atoms with Gasteiger partial charge in [0.2, 0.25) is 0 Å². The van der Waals surface area contributed by atoms with Crippen LogP contribution in [0.5, 0.6) is 0 Å². The van der Waals surface area contributed by atoms with Crippen LogP contribution in [-0.4, -0.2) is 47.8 Å². The molecule has 1 atom stereocenters. The van der Waals surface area contributed by atoms with Gasteiger partial charge in [0, 0.05) is 24.4 Å². The summed E-state index contributed by atoms with van der Waals surface area (Å²) in [6, 6.07) is 12.0. The molecule has 1 aliphatic heterocycles. The first-order chi connectivity index (χ1) is 17.0. The quantitative estimate of drug-likeness (QED) is 0.464. The van der Waals surface area contributed by atoms with Crippen LogP contribution < -0.4 is 4.90 Å². The molecule has 0 saturated carbocycles. The number of Topliss-reactive ketones (excluding diaryl/α,β-unsaturated/α-hetero) is 1. The number of hydrogen-bond donors (Lipinski definition) is 0. The van der Waals surface area contributed by atoms with Crippen molar-refractivity contribution in [1.29, 1.82) is 5.26 Å². The SMILES string of the molecule is CCN(CC)CCN1C(=O)N(c2cccc(C(F)(F)F)c2)C(C)=C(C(C)=O)[C@H]1c1ccc(C#N)cc1. The van der Waals surface area contributed by atoms with Crippen molar-refractivity contribution in [2.75, 3.05) is 31.1 Å². The fraction of sp³-hybridized carbons (Fsp3) is 0.370. The Balaban J connectivity index is 2.20. The van der Waals surface area contributed by atoms with E-state index in [1.807, 2.05) is 13.8 Å². The van der Waals surface area contributed by atoms with Crippen molar-refractivity contribution >= 4 is 17.5 Å². The lowest BCUT2D eigenvalue weighted by molar-refractivity contribution is -0.137. The number of allylic oxidation sites excluding steroid dienone is 1. The Kier molecular flexibility index (Phi) is 8.21. The summed E-state index contributed by atoms with van der Waals surface area (Å²) in [6.07, 6.45) is -4.58. The van der Waals surface area contributed by atoms with Gasteiger partial charge in [0.25, 0.3) is 0 Å². The molecule has 2 amide bonds. The van der Waals surface area contributed by atoms with Gasteiger partial charge in [-0.1, -0.05) is 32.0 Å². The molecule has 0 bridgehead atoms. The molecule has 9 heteroatoms. The molecule has 6 nitrogen and oxygen atoms in total. The smallest absolute Gasteiger partial charge is 0.311 e. The van der Waals surface area contributed by atoms with Crippen molar-refractivity contribution in [3.05, 3.63) is 76.5 Å². The lowest BCUT2D eigenvalue weighted by Crippen LogP contribution is -2.52. The van der Waals surface area contributed by atoms with Gasteiger partial charge in [-0.05, 0) is 62.8 Å². The zero-order chi connectivity index (χ0) is 26.6. The Morgan fingerprint density at radius 1 is 1.11 bits per heavy atom. The Morgan fingerprint density at radius 3 is 2.28 bits per heavy atom. The number of benzene rings is 2. The second kappa shape index (κ2) is 11.0. The first kappa shape index (κ1) is 27.0. The topological polar surface area (TPSA) is 67.7 Å². The maximum atomic E-state index is 13.9. The third-order valence-corrected chi connectivity index (χ3v) is 6.47. The van der Waals surface area contributed by atoms with E-state index in [0.29, 0.717) is 23.2 Å². The number of halogens is 3. The van der Waals surface area contributed by atoms with E-state index in [1.54, 1.807) is 31.2 Å². The first-order valence-electron chi connectivity index (χ1n) is 11.8. The number of carbonyl (C=O) groups is 2. The number of alkyl halides is 3. The molecule has 0 unspecified atom stereocenters. The fourth-order valence-corrected chi connectivity index (χ4v) is 4.53. The highest BCUT2D eigenvalue weighted by Crippen LogP contribution is 2.41. The van der Waals surface area contributed by atoms with Crippen LogP contribution in [0.2, 0.25) is 0 Å². The molecular formula is C27H29F3N4O2. The van der Waals surface area contributed by atoms with Crippen molar-refractivity contribution in [2.45, 2.75) is 39.9 Å². The Labute approximate surface area is 209 Å². The van der Waals surface area contributed by atoms with Crippen molar-refractivity contribution < 1.29 is 22.8 Å². The molecule has 0 fully saturated rings. The van der Waals surface area contributed by atoms with Gasteiger partial charge in [-0.15, -0.1) is 0 Å². The van der Waals surface area contributed by atoms with Gasteiger partial charge < -0.3 is 9.80 Å². The average Bonchev–Trinajstić information content (AvgIpc) is 2.85. The summed E-state index contributed by atoms with van der Waals surface area (Å²) in [6.45, 7) is 9.25. The van der Waals surface area contributed by atoms with Crippen molar-refractivity contribution in [2.24, 2.45) is 0 Å². The van der Waals surface area contributed by atoms with Gasteiger partial charge in [0.1, 0.15) is 0 Å². The van der Waals surface area contributed by atoms with E-state index in [9.17, 15) is 28.0 Å². The monoisotopic (exact) mass is 498 g/mol. The van der Waals surface area contributed by atoms with E-state index < -0.39 is 23.8 Å². The molecule has 1 heterocycles. The third-order valence-electron chi connectivity index (χ3n) is 6.47. The van der Waals surface area contributed by atoms with Crippen LogP contribution in [0.3, 0.4) is 0 Å². The summed E-state index contributed by atoms with van der Waals surface area (Å²) in [5, 5.41) is 9.18. The first-order valence-corrected chi connectivity index (χ1v) is 11.8. The van der Waals surface area contributed by atoms with Gasteiger partial charge >= 0.3 is 12.2 Å². The van der Waals surface area contributed by atoms with Crippen molar-refractivity contribution in [3.8, 4) is 6.07 Å². The highest BCUT2D eigenvalue weighted by Gasteiger charge is 2.41. The van der Waals surface area contributed by atoms with Crippen LogP contribution in [0.4, 0.5) is 23.7 Å². The predicted molar refractivity (Wildman–Crippen MR) is 131 cm³/mol. The summed E-state index contributed by atoms with van der Waals surface area (Å²) in [4.78, 5) is 31.7. The Hall–Kier alpha value is -3.64. The standard InChI is InChI=1S/C27H29F3N4O2/c1-5-32(6-2)14-15-33-25(21-12-10-20(17-31)11-13-21)24(19(4)35)18(3)34(26(33)36)23-9-7-8-22(16-23)27(28,29)30/h7-13,16,25H,5-6,14-15H2,1-4H3/t25-/m1/s1. The molecule has 0 aromatic heterocycles. The number of anilines is 1. The number of nitrogens with zero attached hydrogens (tertiary/aromatic N) is 4. The minimum atomic E-state index is -4.58.